The Morgan fingerprint density at radius 1 is 1.11 bits per heavy atom. The third-order valence-electron chi connectivity index (χ3n) is 3.50. The molecule has 0 atom stereocenters. The van der Waals surface area contributed by atoms with Gasteiger partial charge in [0.05, 0.1) is 6.54 Å². The van der Waals surface area contributed by atoms with Crippen molar-refractivity contribution in [3.8, 4) is 0 Å². The van der Waals surface area contributed by atoms with E-state index in [-0.39, 0.29) is 0 Å². The second-order valence-corrected chi connectivity index (χ2v) is 5.04. The van der Waals surface area contributed by atoms with Crippen molar-refractivity contribution < 1.29 is 0 Å². The Bertz CT molecular complexity index is 622. The van der Waals surface area contributed by atoms with Crippen LogP contribution in [0.15, 0.2) is 48.5 Å². The van der Waals surface area contributed by atoms with E-state index >= 15 is 0 Å². The van der Waals surface area contributed by atoms with E-state index in [4.69, 9.17) is 12.2 Å². The van der Waals surface area contributed by atoms with E-state index in [1.807, 2.05) is 6.07 Å². The van der Waals surface area contributed by atoms with Crippen molar-refractivity contribution in [3.63, 3.8) is 0 Å². The molecule has 0 aliphatic carbocycles. The summed E-state index contributed by atoms with van der Waals surface area (Å²) >= 11 is 5.51. The molecule has 0 radical (unpaired) electrons. The van der Waals surface area contributed by atoms with E-state index in [1.54, 1.807) is 0 Å². The van der Waals surface area contributed by atoms with Gasteiger partial charge in [-0.1, -0.05) is 43.3 Å². The lowest BCUT2D eigenvalue weighted by Gasteiger charge is -2.33. The quantitative estimate of drug-likeness (QED) is 0.830. The molecule has 2 nitrogen and oxygen atoms in total. The Balaban J connectivity index is 2.01. The number of rotatable bonds is 2. The maximum absolute atomic E-state index is 5.51. The molecular formula is C16H16N2S. The highest BCUT2D eigenvalue weighted by atomic mass is 32.1. The van der Waals surface area contributed by atoms with Crippen LogP contribution in [0.25, 0.3) is 0 Å². The van der Waals surface area contributed by atoms with Crippen LogP contribution in [0.2, 0.25) is 0 Å². The molecule has 1 N–H and O–H groups in total. The largest absolute Gasteiger partial charge is 0.332 e. The molecule has 1 heterocycles. The van der Waals surface area contributed by atoms with Gasteiger partial charge in [-0.3, -0.25) is 0 Å². The summed E-state index contributed by atoms with van der Waals surface area (Å²) in [4.78, 5) is 2.18. The molecule has 0 amide bonds. The number of hydrogen-bond donors (Lipinski definition) is 1. The van der Waals surface area contributed by atoms with Crippen molar-refractivity contribution in [3.05, 3.63) is 59.7 Å². The van der Waals surface area contributed by atoms with E-state index in [0.29, 0.717) is 0 Å². The zero-order valence-corrected chi connectivity index (χ0v) is 11.7. The molecule has 96 valence electrons. The lowest BCUT2D eigenvalue weighted by atomic mass is 10.1. The number of thiocarbonyl (C=S) groups is 1. The smallest absolute Gasteiger partial charge is 0.178 e. The predicted molar refractivity (Wildman–Crippen MR) is 84.7 cm³/mol. The fraction of sp³-hybridized carbons (Fsp3) is 0.188. The van der Waals surface area contributed by atoms with Gasteiger partial charge >= 0.3 is 0 Å². The molecule has 3 rings (SSSR count). The predicted octanol–water partition coefficient (Wildman–Crippen LogP) is 3.97. The summed E-state index contributed by atoms with van der Waals surface area (Å²) in [6.45, 7) is 3.01. The standard InChI is InChI=1S/C16H16N2S/c1-2-12-7-4-6-10-15(12)18-11-13-8-3-5-9-14(13)17-16(18)19/h3-10H,2,11H2,1H3,(H,17,19). The monoisotopic (exact) mass is 268 g/mol. The average Bonchev–Trinajstić information content (AvgIpc) is 2.46. The van der Waals surface area contributed by atoms with Crippen LogP contribution in [0.1, 0.15) is 18.1 Å². The van der Waals surface area contributed by atoms with Crippen molar-refractivity contribution in [2.24, 2.45) is 0 Å². The van der Waals surface area contributed by atoms with Gasteiger partial charge in [-0.15, -0.1) is 0 Å². The summed E-state index contributed by atoms with van der Waals surface area (Å²) in [5, 5.41) is 4.09. The van der Waals surface area contributed by atoms with Gasteiger partial charge in [0, 0.05) is 11.4 Å². The Labute approximate surface area is 119 Å². The molecule has 0 saturated heterocycles. The van der Waals surface area contributed by atoms with Crippen molar-refractivity contribution in [1.29, 1.82) is 0 Å². The summed E-state index contributed by atoms with van der Waals surface area (Å²) in [6, 6.07) is 16.8. The number of anilines is 2. The molecule has 2 aromatic rings. The second-order valence-electron chi connectivity index (χ2n) is 4.66. The van der Waals surface area contributed by atoms with Crippen molar-refractivity contribution in [2.75, 3.05) is 10.2 Å². The van der Waals surface area contributed by atoms with Crippen LogP contribution < -0.4 is 10.2 Å². The van der Waals surface area contributed by atoms with Gasteiger partial charge in [0.25, 0.3) is 0 Å². The number of fused-ring (bicyclic) bond motifs is 1. The number of para-hydroxylation sites is 2. The van der Waals surface area contributed by atoms with Gasteiger partial charge in [-0.25, -0.2) is 0 Å². The summed E-state index contributed by atoms with van der Waals surface area (Å²) in [5.41, 5.74) is 4.93. The Morgan fingerprint density at radius 3 is 2.68 bits per heavy atom. The molecule has 0 saturated carbocycles. The van der Waals surface area contributed by atoms with Gasteiger partial charge < -0.3 is 10.2 Å². The molecule has 1 aliphatic rings. The molecule has 0 spiro atoms. The van der Waals surface area contributed by atoms with Gasteiger partial charge in [0.1, 0.15) is 0 Å². The summed E-state index contributed by atoms with van der Waals surface area (Å²) in [6.07, 6.45) is 1.01. The highest BCUT2D eigenvalue weighted by Crippen LogP contribution is 2.29. The molecule has 2 aromatic carbocycles. The maximum atomic E-state index is 5.51. The first-order valence-corrected chi connectivity index (χ1v) is 6.94. The molecule has 19 heavy (non-hydrogen) atoms. The van der Waals surface area contributed by atoms with E-state index < -0.39 is 0 Å². The van der Waals surface area contributed by atoms with Gasteiger partial charge in [-0.2, -0.15) is 0 Å². The van der Waals surface area contributed by atoms with Gasteiger partial charge in [0.15, 0.2) is 5.11 Å². The van der Waals surface area contributed by atoms with E-state index in [9.17, 15) is 0 Å². The van der Waals surface area contributed by atoms with Gasteiger partial charge in [0.2, 0.25) is 0 Å². The third-order valence-corrected chi connectivity index (χ3v) is 3.82. The highest BCUT2D eigenvalue weighted by Gasteiger charge is 2.21. The summed E-state index contributed by atoms with van der Waals surface area (Å²) < 4.78 is 0. The normalized spacial score (nSPS) is 13.9. The lowest BCUT2D eigenvalue weighted by Crippen LogP contribution is -2.38. The minimum atomic E-state index is 0.777. The number of aryl methyl sites for hydroxylation is 1. The van der Waals surface area contributed by atoms with Crippen molar-refractivity contribution >= 4 is 28.7 Å². The number of nitrogens with one attached hydrogen (secondary N) is 1. The van der Waals surface area contributed by atoms with Crippen LogP contribution in [0.3, 0.4) is 0 Å². The first-order chi connectivity index (χ1) is 9.29. The Morgan fingerprint density at radius 2 is 1.84 bits per heavy atom. The molecule has 3 heteroatoms. The number of benzene rings is 2. The van der Waals surface area contributed by atoms with Crippen LogP contribution in [0.5, 0.6) is 0 Å². The summed E-state index contributed by atoms with van der Waals surface area (Å²) in [7, 11) is 0. The van der Waals surface area contributed by atoms with E-state index in [0.717, 1.165) is 23.8 Å². The lowest BCUT2D eigenvalue weighted by molar-refractivity contribution is 0.974. The van der Waals surface area contributed by atoms with Crippen LogP contribution in [-0.2, 0) is 13.0 Å². The fourth-order valence-electron chi connectivity index (χ4n) is 2.47. The fourth-order valence-corrected chi connectivity index (χ4v) is 2.75. The first kappa shape index (κ1) is 12.2. The molecule has 1 aliphatic heterocycles. The number of hydrogen-bond acceptors (Lipinski definition) is 1. The number of nitrogens with zero attached hydrogens (tertiary/aromatic N) is 1. The molecular weight excluding hydrogens is 252 g/mol. The average molecular weight is 268 g/mol. The van der Waals surface area contributed by atoms with Crippen molar-refractivity contribution in [2.45, 2.75) is 19.9 Å². The van der Waals surface area contributed by atoms with Crippen LogP contribution in [0.4, 0.5) is 11.4 Å². The van der Waals surface area contributed by atoms with Crippen molar-refractivity contribution in [1.82, 2.24) is 0 Å². The van der Waals surface area contributed by atoms with Gasteiger partial charge in [-0.05, 0) is 41.9 Å². The topological polar surface area (TPSA) is 15.3 Å². The first-order valence-electron chi connectivity index (χ1n) is 6.54. The third kappa shape index (κ3) is 2.22. The maximum Gasteiger partial charge on any atom is 0.178 e. The highest BCUT2D eigenvalue weighted by molar-refractivity contribution is 7.80. The zero-order valence-electron chi connectivity index (χ0n) is 10.9. The van der Waals surface area contributed by atoms with Crippen LogP contribution >= 0.6 is 12.2 Å². The molecule has 0 unspecified atom stereocenters. The molecule has 0 aromatic heterocycles. The minimum Gasteiger partial charge on any atom is -0.332 e. The Kier molecular flexibility index (Phi) is 3.22. The van der Waals surface area contributed by atoms with Crippen LogP contribution in [-0.4, -0.2) is 5.11 Å². The Hall–Kier alpha value is -1.87. The molecule has 0 fully saturated rings. The minimum absolute atomic E-state index is 0.777. The van der Waals surface area contributed by atoms with Crippen LogP contribution in [0, 0.1) is 0 Å². The summed E-state index contributed by atoms with van der Waals surface area (Å²) in [5.74, 6) is 0. The zero-order chi connectivity index (χ0) is 13.2. The van der Waals surface area contributed by atoms with E-state index in [1.165, 1.54) is 16.8 Å². The molecule has 0 bridgehead atoms. The van der Waals surface area contributed by atoms with E-state index in [2.05, 4.69) is 59.6 Å². The second kappa shape index (κ2) is 5.02. The SMILES string of the molecule is CCc1ccccc1N1Cc2ccccc2NC1=S.